The number of nitrogens with zero attached hydrogens (tertiary/aromatic N) is 1. The monoisotopic (exact) mass is 285 g/mol. The smallest absolute Gasteiger partial charge is 0.254 e. The molecule has 1 amide bonds. The van der Waals surface area contributed by atoms with Crippen LogP contribution in [0.3, 0.4) is 0 Å². The third-order valence-corrected chi connectivity index (χ3v) is 2.25. The lowest BCUT2D eigenvalue weighted by Gasteiger charge is -2.12. The van der Waals surface area contributed by atoms with Crippen LogP contribution in [0.15, 0.2) is 30.9 Å². The summed E-state index contributed by atoms with van der Waals surface area (Å²) in [6, 6.07) is 4.82. The molecule has 0 saturated heterocycles. The van der Waals surface area contributed by atoms with Gasteiger partial charge in [0, 0.05) is 14.1 Å². The first-order valence-corrected chi connectivity index (χ1v) is 6.17. The topological polar surface area (TPSA) is 49.8 Å². The Kier molecular flexibility index (Phi) is 8.66. The lowest BCUT2D eigenvalue weighted by atomic mass is 10.2. The molecule has 0 aliphatic carbocycles. The van der Waals surface area contributed by atoms with Crippen LogP contribution < -0.4 is 4.74 Å². The fraction of sp³-hybridized carbons (Fsp3) is 0.357. The number of amides is 1. The van der Waals surface area contributed by atoms with Gasteiger partial charge in [0.25, 0.3) is 5.91 Å². The molecule has 0 aliphatic rings. The molecule has 106 valence electrons. The van der Waals surface area contributed by atoms with Crippen LogP contribution in [0.4, 0.5) is 0 Å². The highest BCUT2D eigenvalue weighted by Crippen LogP contribution is 2.23. The van der Waals surface area contributed by atoms with Gasteiger partial charge in [0.1, 0.15) is 12.4 Å². The molecule has 0 atom stereocenters. The number of halogens is 1. The Morgan fingerprint density at radius 3 is 2.53 bits per heavy atom. The predicted octanol–water partition coefficient (Wildman–Crippen LogP) is 2.61. The van der Waals surface area contributed by atoms with Gasteiger partial charge in [-0.05, 0) is 25.1 Å². The summed E-state index contributed by atoms with van der Waals surface area (Å²) in [5.74, 6) is 0.382. The van der Waals surface area contributed by atoms with Crippen LogP contribution in [0.2, 0.25) is 5.02 Å². The minimum Gasteiger partial charge on any atom is -0.491 e. The average molecular weight is 286 g/mol. The van der Waals surface area contributed by atoms with Gasteiger partial charge < -0.3 is 14.7 Å². The van der Waals surface area contributed by atoms with Gasteiger partial charge in [-0.3, -0.25) is 4.79 Å². The van der Waals surface area contributed by atoms with Crippen molar-refractivity contribution in [1.29, 1.82) is 0 Å². The molecule has 1 aromatic carbocycles. The maximum atomic E-state index is 11.7. The van der Waals surface area contributed by atoms with Gasteiger partial charge in [0.2, 0.25) is 0 Å². The summed E-state index contributed by atoms with van der Waals surface area (Å²) in [6.45, 7) is 5.40. The molecular formula is C14H20ClNO3. The summed E-state index contributed by atoms with van der Waals surface area (Å²) in [5, 5.41) is 8.94. The van der Waals surface area contributed by atoms with Crippen LogP contribution in [-0.2, 0) is 0 Å². The zero-order chi connectivity index (χ0) is 14.8. The molecule has 5 heteroatoms. The van der Waals surface area contributed by atoms with Crippen molar-refractivity contribution in [3.05, 3.63) is 41.4 Å². The van der Waals surface area contributed by atoms with Crippen LogP contribution in [0, 0.1) is 0 Å². The van der Waals surface area contributed by atoms with E-state index < -0.39 is 0 Å². The minimum atomic E-state index is -0.154. The van der Waals surface area contributed by atoms with E-state index in [9.17, 15) is 4.79 Å². The SMILES string of the molecule is C=CC.CN(C)C(=O)c1ccc(OCCO)cc1Cl. The van der Waals surface area contributed by atoms with Crippen molar-refractivity contribution in [2.24, 2.45) is 0 Å². The van der Waals surface area contributed by atoms with Crippen LogP contribution in [0.1, 0.15) is 17.3 Å². The van der Waals surface area contributed by atoms with E-state index in [4.69, 9.17) is 21.4 Å². The zero-order valence-electron chi connectivity index (χ0n) is 11.5. The van der Waals surface area contributed by atoms with E-state index >= 15 is 0 Å². The number of allylic oxidation sites excluding steroid dienone is 1. The highest BCUT2D eigenvalue weighted by atomic mass is 35.5. The van der Waals surface area contributed by atoms with Gasteiger partial charge in [-0.15, -0.1) is 6.58 Å². The molecule has 4 nitrogen and oxygen atoms in total. The molecule has 0 fully saturated rings. The van der Waals surface area contributed by atoms with E-state index in [1.165, 1.54) is 4.90 Å². The minimum absolute atomic E-state index is 0.0595. The molecule has 0 aliphatic heterocycles. The molecule has 0 radical (unpaired) electrons. The Morgan fingerprint density at radius 1 is 1.53 bits per heavy atom. The number of hydrogen-bond donors (Lipinski definition) is 1. The van der Waals surface area contributed by atoms with Gasteiger partial charge in [-0.2, -0.15) is 0 Å². The molecule has 0 spiro atoms. The van der Waals surface area contributed by atoms with Crippen molar-refractivity contribution in [2.75, 3.05) is 27.3 Å². The number of hydrogen-bond acceptors (Lipinski definition) is 3. The number of aliphatic hydroxyl groups is 1. The van der Waals surface area contributed by atoms with Crippen LogP contribution in [0.5, 0.6) is 5.75 Å². The van der Waals surface area contributed by atoms with Gasteiger partial charge in [0.05, 0.1) is 17.2 Å². The molecule has 0 unspecified atom stereocenters. The number of carbonyl (C=O) groups is 1. The van der Waals surface area contributed by atoms with Crippen molar-refractivity contribution in [2.45, 2.75) is 6.92 Å². The molecule has 1 aromatic rings. The van der Waals surface area contributed by atoms with E-state index in [0.717, 1.165) is 0 Å². The van der Waals surface area contributed by atoms with Crippen LogP contribution >= 0.6 is 11.6 Å². The number of rotatable bonds is 4. The fourth-order valence-corrected chi connectivity index (χ4v) is 1.41. The third-order valence-electron chi connectivity index (χ3n) is 1.94. The third kappa shape index (κ3) is 6.27. The molecule has 0 saturated carbocycles. The maximum Gasteiger partial charge on any atom is 0.254 e. The zero-order valence-corrected chi connectivity index (χ0v) is 12.3. The van der Waals surface area contributed by atoms with E-state index in [2.05, 4.69) is 6.58 Å². The Labute approximate surface area is 119 Å². The second-order valence-corrected chi connectivity index (χ2v) is 4.23. The van der Waals surface area contributed by atoms with Gasteiger partial charge in [-0.25, -0.2) is 0 Å². The van der Waals surface area contributed by atoms with E-state index in [1.54, 1.807) is 38.4 Å². The van der Waals surface area contributed by atoms with Gasteiger partial charge in [0.15, 0.2) is 0 Å². The number of benzene rings is 1. The lowest BCUT2D eigenvalue weighted by molar-refractivity contribution is 0.0827. The first kappa shape index (κ1) is 17.5. The highest BCUT2D eigenvalue weighted by Gasteiger charge is 2.12. The van der Waals surface area contributed by atoms with Gasteiger partial charge in [-0.1, -0.05) is 17.7 Å². The summed E-state index contributed by atoms with van der Waals surface area (Å²) in [5.41, 5.74) is 0.433. The summed E-state index contributed by atoms with van der Waals surface area (Å²) in [4.78, 5) is 13.1. The van der Waals surface area contributed by atoms with Crippen molar-refractivity contribution >= 4 is 17.5 Å². The van der Waals surface area contributed by atoms with Crippen molar-refractivity contribution in [3.63, 3.8) is 0 Å². The van der Waals surface area contributed by atoms with Crippen LogP contribution in [-0.4, -0.2) is 43.2 Å². The van der Waals surface area contributed by atoms with E-state index in [1.807, 2.05) is 6.92 Å². The van der Waals surface area contributed by atoms with Crippen molar-refractivity contribution in [3.8, 4) is 5.75 Å². The largest absolute Gasteiger partial charge is 0.491 e. The fourth-order valence-electron chi connectivity index (χ4n) is 1.16. The molecule has 0 bridgehead atoms. The second-order valence-electron chi connectivity index (χ2n) is 3.82. The molecule has 1 rings (SSSR count). The Hall–Kier alpha value is -1.52. The molecule has 1 N–H and O–H groups in total. The number of carbonyl (C=O) groups excluding carboxylic acids is 1. The standard InChI is InChI=1S/C11H14ClNO3.C3H6/c1-13(2)11(15)9-4-3-8(7-10(9)12)16-6-5-14;1-3-2/h3-4,7,14H,5-6H2,1-2H3;3H,1H2,2H3. The number of aliphatic hydroxyl groups excluding tert-OH is 1. The van der Waals surface area contributed by atoms with Gasteiger partial charge >= 0.3 is 0 Å². The van der Waals surface area contributed by atoms with Crippen molar-refractivity contribution in [1.82, 2.24) is 4.90 Å². The summed E-state index contributed by atoms with van der Waals surface area (Å²) >= 11 is 5.96. The predicted molar refractivity (Wildman–Crippen MR) is 77.9 cm³/mol. The summed E-state index contributed by atoms with van der Waals surface area (Å²) < 4.78 is 5.17. The molecule has 19 heavy (non-hydrogen) atoms. The summed E-state index contributed by atoms with van der Waals surface area (Å²) in [6.07, 6.45) is 1.75. The Bertz CT molecular complexity index is 419. The maximum absolute atomic E-state index is 11.7. The van der Waals surface area contributed by atoms with E-state index in [-0.39, 0.29) is 19.1 Å². The van der Waals surface area contributed by atoms with Crippen molar-refractivity contribution < 1.29 is 14.6 Å². The molecule has 0 aromatic heterocycles. The normalized spacial score (nSPS) is 9.11. The number of ether oxygens (including phenoxy) is 1. The summed E-state index contributed by atoms with van der Waals surface area (Å²) in [7, 11) is 3.32. The first-order valence-electron chi connectivity index (χ1n) is 5.79. The average Bonchev–Trinajstić information content (AvgIpc) is 2.36. The van der Waals surface area contributed by atoms with Crippen LogP contribution in [0.25, 0.3) is 0 Å². The Morgan fingerprint density at radius 2 is 2.11 bits per heavy atom. The first-order chi connectivity index (χ1) is 8.97. The molecular weight excluding hydrogens is 266 g/mol. The molecule has 0 heterocycles. The second kappa shape index (κ2) is 9.42. The Balaban J connectivity index is 0.000000982. The quantitative estimate of drug-likeness (QED) is 0.865. The highest BCUT2D eigenvalue weighted by molar-refractivity contribution is 6.34. The van der Waals surface area contributed by atoms with E-state index in [0.29, 0.717) is 16.3 Å². The lowest BCUT2D eigenvalue weighted by Crippen LogP contribution is -2.21.